The minimum atomic E-state index is -0.395. The van der Waals surface area contributed by atoms with Crippen molar-refractivity contribution in [2.45, 2.75) is 40.0 Å². The highest BCUT2D eigenvalue weighted by atomic mass is 35.5. The van der Waals surface area contributed by atoms with E-state index in [9.17, 15) is 9.59 Å². The molecule has 1 aromatic carbocycles. The fourth-order valence-corrected chi connectivity index (χ4v) is 4.19. The van der Waals surface area contributed by atoms with Gasteiger partial charge in [-0.1, -0.05) is 50.4 Å². The summed E-state index contributed by atoms with van der Waals surface area (Å²) in [5.41, 5.74) is 6.65. The molecule has 0 aromatic heterocycles. The Balaban J connectivity index is 2.07. The monoisotopic (exact) mass is 427 g/mol. The number of halogens is 2. The molecule has 1 aliphatic rings. The highest BCUT2D eigenvalue weighted by Crippen LogP contribution is 2.30. The number of nitrogens with zero attached hydrogens (tertiary/aromatic N) is 2. The molecule has 7 heteroatoms. The van der Waals surface area contributed by atoms with Crippen LogP contribution < -0.4 is 10.6 Å². The summed E-state index contributed by atoms with van der Waals surface area (Å²) >= 11 is 12.1. The van der Waals surface area contributed by atoms with E-state index in [1.165, 1.54) is 0 Å². The van der Waals surface area contributed by atoms with Crippen LogP contribution in [0.2, 0.25) is 10.0 Å². The molecule has 1 aliphatic heterocycles. The first-order valence-electron chi connectivity index (χ1n) is 10.0. The first-order valence-corrected chi connectivity index (χ1v) is 10.8. The number of anilines is 1. The Morgan fingerprint density at radius 3 is 2.21 bits per heavy atom. The Morgan fingerprint density at radius 1 is 1.07 bits per heavy atom. The third-order valence-corrected chi connectivity index (χ3v) is 6.09. The fraction of sp³-hybridized carbons (Fsp3) is 0.619. The molecular formula is C21H31Cl2N3O2. The van der Waals surface area contributed by atoms with Gasteiger partial charge >= 0.3 is 0 Å². The lowest BCUT2D eigenvalue weighted by molar-refractivity contribution is -0.142. The first kappa shape index (κ1) is 22.8. The first-order chi connectivity index (χ1) is 13.2. The van der Waals surface area contributed by atoms with Crippen molar-refractivity contribution in [2.24, 2.45) is 23.5 Å². The molecule has 1 heterocycles. The summed E-state index contributed by atoms with van der Waals surface area (Å²) in [4.78, 5) is 29.4. The number of nitrogens with two attached hydrogens (primary N) is 1. The molecular weight excluding hydrogens is 397 g/mol. The van der Waals surface area contributed by atoms with Crippen LogP contribution in [0.3, 0.4) is 0 Å². The summed E-state index contributed by atoms with van der Waals surface area (Å²) in [5, 5.41) is 1.06. The summed E-state index contributed by atoms with van der Waals surface area (Å²) in [6.07, 6.45) is 2.17. The minimum absolute atomic E-state index is 0.0553. The molecule has 0 bridgehead atoms. The Hall–Kier alpha value is -1.46. The fourth-order valence-electron chi connectivity index (χ4n) is 3.90. The molecule has 156 valence electrons. The molecule has 2 unspecified atom stereocenters. The molecule has 0 spiro atoms. The zero-order valence-electron chi connectivity index (χ0n) is 17.0. The number of piperazine rings is 1. The van der Waals surface area contributed by atoms with Gasteiger partial charge in [0.2, 0.25) is 11.8 Å². The van der Waals surface area contributed by atoms with Gasteiger partial charge in [-0.25, -0.2) is 0 Å². The minimum Gasteiger partial charge on any atom is -0.369 e. The second-order valence-electron chi connectivity index (χ2n) is 7.94. The van der Waals surface area contributed by atoms with Gasteiger partial charge in [-0.2, -0.15) is 0 Å². The highest BCUT2D eigenvalue weighted by Gasteiger charge is 2.36. The van der Waals surface area contributed by atoms with Crippen molar-refractivity contribution in [1.29, 1.82) is 0 Å². The maximum atomic E-state index is 13.3. The second kappa shape index (κ2) is 10.4. The van der Waals surface area contributed by atoms with E-state index >= 15 is 0 Å². The zero-order chi connectivity index (χ0) is 20.8. The van der Waals surface area contributed by atoms with Gasteiger partial charge < -0.3 is 15.5 Å². The molecule has 2 atom stereocenters. The Labute approximate surface area is 178 Å². The maximum Gasteiger partial charge on any atom is 0.226 e. The predicted molar refractivity (Wildman–Crippen MR) is 116 cm³/mol. The van der Waals surface area contributed by atoms with Gasteiger partial charge in [0, 0.05) is 43.7 Å². The standard InChI is InChI=1S/C21H31Cl2N3O2/c1-4-5-16(20(24)27)17(12-14(2)3)21(28)26-10-8-25(9-11-26)15-6-7-18(22)19(23)13-15/h6-7,13-14,16-17H,4-5,8-12H2,1-3H3,(H2,24,27). The van der Waals surface area contributed by atoms with Crippen LogP contribution >= 0.6 is 23.2 Å². The van der Waals surface area contributed by atoms with Crippen LogP contribution in [-0.2, 0) is 9.59 Å². The van der Waals surface area contributed by atoms with Gasteiger partial charge in [0.05, 0.1) is 10.0 Å². The summed E-state index contributed by atoms with van der Waals surface area (Å²) in [7, 11) is 0. The summed E-state index contributed by atoms with van der Waals surface area (Å²) in [6.45, 7) is 8.83. The summed E-state index contributed by atoms with van der Waals surface area (Å²) in [6, 6.07) is 5.59. The lowest BCUT2D eigenvalue weighted by atomic mass is 9.81. The van der Waals surface area contributed by atoms with E-state index in [2.05, 4.69) is 18.7 Å². The highest BCUT2D eigenvalue weighted by molar-refractivity contribution is 6.42. The smallest absolute Gasteiger partial charge is 0.226 e. The molecule has 0 saturated carbocycles. The van der Waals surface area contributed by atoms with Gasteiger partial charge in [0.1, 0.15) is 0 Å². The number of carbonyl (C=O) groups is 2. The van der Waals surface area contributed by atoms with Gasteiger partial charge in [0.15, 0.2) is 0 Å². The van der Waals surface area contributed by atoms with Crippen LogP contribution in [0.4, 0.5) is 5.69 Å². The van der Waals surface area contributed by atoms with E-state index in [-0.39, 0.29) is 17.7 Å². The van der Waals surface area contributed by atoms with Crippen molar-refractivity contribution in [3.63, 3.8) is 0 Å². The zero-order valence-corrected chi connectivity index (χ0v) is 18.5. The molecule has 0 radical (unpaired) electrons. The van der Waals surface area contributed by atoms with Gasteiger partial charge in [-0.3, -0.25) is 9.59 Å². The molecule has 2 amide bonds. The molecule has 2 N–H and O–H groups in total. The van der Waals surface area contributed by atoms with Crippen molar-refractivity contribution in [2.75, 3.05) is 31.1 Å². The van der Waals surface area contributed by atoms with E-state index in [0.29, 0.717) is 55.0 Å². The van der Waals surface area contributed by atoms with Gasteiger partial charge in [0.25, 0.3) is 0 Å². The van der Waals surface area contributed by atoms with E-state index < -0.39 is 5.92 Å². The van der Waals surface area contributed by atoms with E-state index in [4.69, 9.17) is 28.9 Å². The maximum absolute atomic E-state index is 13.3. The van der Waals surface area contributed by atoms with Crippen molar-refractivity contribution < 1.29 is 9.59 Å². The lowest BCUT2D eigenvalue weighted by Gasteiger charge is -2.39. The SMILES string of the molecule is CCCC(C(N)=O)C(CC(C)C)C(=O)N1CCN(c2ccc(Cl)c(Cl)c2)CC1. The summed E-state index contributed by atoms with van der Waals surface area (Å²) < 4.78 is 0. The van der Waals surface area contributed by atoms with Crippen molar-refractivity contribution in [3.8, 4) is 0 Å². The largest absolute Gasteiger partial charge is 0.369 e. The molecule has 1 aromatic rings. The number of amides is 2. The quantitative estimate of drug-likeness (QED) is 0.675. The predicted octanol–water partition coefficient (Wildman–Crippen LogP) is 4.21. The van der Waals surface area contributed by atoms with Crippen molar-refractivity contribution >= 4 is 40.7 Å². The number of benzene rings is 1. The molecule has 1 fully saturated rings. The summed E-state index contributed by atoms with van der Waals surface area (Å²) in [5.74, 6) is -0.720. The Bertz CT molecular complexity index is 688. The average Bonchev–Trinajstić information content (AvgIpc) is 2.66. The number of rotatable bonds is 8. The molecule has 5 nitrogen and oxygen atoms in total. The van der Waals surface area contributed by atoms with Gasteiger partial charge in [-0.15, -0.1) is 0 Å². The molecule has 0 aliphatic carbocycles. The topological polar surface area (TPSA) is 66.6 Å². The third-order valence-electron chi connectivity index (χ3n) is 5.35. The van der Waals surface area contributed by atoms with Crippen LogP contribution in [0, 0.1) is 17.8 Å². The Kier molecular flexibility index (Phi) is 8.44. The van der Waals surface area contributed by atoms with Crippen LogP contribution in [0.25, 0.3) is 0 Å². The number of carbonyl (C=O) groups excluding carboxylic acids is 2. The Morgan fingerprint density at radius 2 is 1.71 bits per heavy atom. The van der Waals surface area contributed by atoms with Crippen LogP contribution in [0.5, 0.6) is 0 Å². The average molecular weight is 428 g/mol. The molecule has 2 rings (SSSR count). The third kappa shape index (κ3) is 5.77. The number of hydrogen-bond donors (Lipinski definition) is 1. The van der Waals surface area contributed by atoms with Crippen molar-refractivity contribution in [3.05, 3.63) is 28.2 Å². The van der Waals surface area contributed by atoms with Crippen molar-refractivity contribution in [1.82, 2.24) is 4.90 Å². The van der Waals surface area contributed by atoms with E-state index in [0.717, 1.165) is 12.1 Å². The van der Waals surface area contributed by atoms with Crippen LogP contribution in [0.15, 0.2) is 18.2 Å². The molecule has 28 heavy (non-hydrogen) atoms. The van der Waals surface area contributed by atoms with Crippen LogP contribution in [0.1, 0.15) is 40.0 Å². The van der Waals surface area contributed by atoms with E-state index in [1.807, 2.05) is 24.0 Å². The van der Waals surface area contributed by atoms with E-state index in [1.54, 1.807) is 6.07 Å². The lowest BCUT2D eigenvalue weighted by Crippen LogP contribution is -2.52. The normalized spacial score (nSPS) is 16.9. The molecule has 1 saturated heterocycles. The second-order valence-corrected chi connectivity index (χ2v) is 8.76. The van der Waals surface area contributed by atoms with Gasteiger partial charge in [-0.05, 0) is 37.0 Å². The van der Waals surface area contributed by atoms with Crippen LogP contribution in [-0.4, -0.2) is 42.9 Å². The number of primary amides is 1. The number of hydrogen-bond acceptors (Lipinski definition) is 3.